The molecule has 0 saturated heterocycles. The number of nitrogens with zero attached hydrogens (tertiary/aromatic N) is 2. The van der Waals surface area contributed by atoms with Gasteiger partial charge in [0.2, 0.25) is 5.88 Å². The predicted molar refractivity (Wildman–Crippen MR) is 55.4 cm³/mol. The Kier molecular flexibility index (Phi) is 3.13. The minimum atomic E-state index is -1.28. The van der Waals surface area contributed by atoms with Crippen molar-refractivity contribution in [3.8, 4) is 11.6 Å². The molecule has 0 aliphatic carbocycles. The maximum atomic E-state index is 13.3. The minimum absolute atomic E-state index is 0.194. The number of aromatic carboxylic acids is 1. The van der Waals surface area contributed by atoms with Crippen molar-refractivity contribution in [3.63, 3.8) is 0 Å². The molecule has 0 aliphatic rings. The van der Waals surface area contributed by atoms with Gasteiger partial charge in [-0.1, -0.05) is 0 Å². The number of hydrogen-bond donors (Lipinski definition) is 1. The van der Waals surface area contributed by atoms with Gasteiger partial charge in [-0.2, -0.15) is 0 Å². The summed E-state index contributed by atoms with van der Waals surface area (Å²) in [5, 5.41) is 8.68. The lowest BCUT2D eigenvalue weighted by Crippen LogP contribution is -2.02. The van der Waals surface area contributed by atoms with Crippen LogP contribution in [0, 0.1) is 11.6 Å². The van der Waals surface area contributed by atoms with E-state index in [1.807, 2.05) is 0 Å². The van der Waals surface area contributed by atoms with Crippen LogP contribution >= 0.6 is 0 Å². The zero-order valence-corrected chi connectivity index (χ0v) is 8.80. The van der Waals surface area contributed by atoms with Crippen molar-refractivity contribution in [1.29, 1.82) is 0 Å². The maximum absolute atomic E-state index is 13.3. The number of halogens is 2. The fraction of sp³-hybridized carbons (Fsp3) is 0. The summed E-state index contributed by atoms with van der Waals surface area (Å²) >= 11 is 0. The van der Waals surface area contributed by atoms with E-state index in [0.29, 0.717) is 6.07 Å². The molecule has 0 bridgehead atoms. The highest BCUT2D eigenvalue weighted by Gasteiger charge is 2.10. The smallest absolute Gasteiger partial charge is 0.356 e. The first-order chi connectivity index (χ1) is 8.56. The first kappa shape index (κ1) is 11.9. The number of ether oxygens (including phenoxy) is 1. The average molecular weight is 252 g/mol. The van der Waals surface area contributed by atoms with Crippen LogP contribution in [0.15, 0.2) is 30.6 Å². The molecule has 7 heteroatoms. The van der Waals surface area contributed by atoms with Gasteiger partial charge in [0.1, 0.15) is 5.82 Å². The van der Waals surface area contributed by atoms with E-state index in [1.54, 1.807) is 0 Å². The highest BCUT2D eigenvalue weighted by molar-refractivity contribution is 5.84. The standard InChI is InChI=1S/C11H6F2N2O3/c12-6-1-2-9(7(13)3-6)18-10-5-14-4-8(15-10)11(16)17/h1-5H,(H,16,17). The second-order valence-corrected chi connectivity index (χ2v) is 3.22. The van der Waals surface area contributed by atoms with Crippen molar-refractivity contribution in [2.75, 3.05) is 0 Å². The summed E-state index contributed by atoms with van der Waals surface area (Å²) < 4.78 is 30.9. The van der Waals surface area contributed by atoms with E-state index in [9.17, 15) is 13.6 Å². The molecule has 0 atom stereocenters. The number of hydrogen-bond acceptors (Lipinski definition) is 4. The Hall–Kier alpha value is -2.57. The Morgan fingerprint density at radius 1 is 1.28 bits per heavy atom. The Labute approximate surface area is 99.7 Å². The number of carboxylic acid groups (broad SMARTS) is 1. The molecule has 0 radical (unpaired) electrons. The SMILES string of the molecule is O=C(O)c1cncc(Oc2ccc(F)cc2F)n1. The fourth-order valence-electron chi connectivity index (χ4n) is 1.17. The maximum Gasteiger partial charge on any atom is 0.356 e. The predicted octanol–water partition coefficient (Wildman–Crippen LogP) is 2.25. The van der Waals surface area contributed by atoms with Crippen LogP contribution in [0.2, 0.25) is 0 Å². The van der Waals surface area contributed by atoms with Gasteiger partial charge in [-0.25, -0.2) is 18.6 Å². The minimum Gasteiger partial charge on any atom is -0.476 e. The highest BCUT2D eigenvalue weighted by atomic mass is 19.1. The Bertz CT molecular complexity index is 605. The molecule has 0 aliphatic heterocycles. The summed E-state index contributed by atoms with van der Waals surface area (Å²) in [6, 6.07) is 2.72. The van der Waals surface area contributed by atoms with Gasteiger partial charge in [0, 0.05) is 6.07 Å². The molecule has 5 nitrogen and oxygen atoms in total. The van der Waals surface area contributed by atoms with Crippen LogP contribution in [0.4, 0.5) is 8.78 Å². The topological polar surface area (TPSA) is 72.3 Å². The largest absolute Gasteiger partial charge is 0.476 e. The second-order valence-electron chi connectivity index (χ2n) is 3.22. The van der Waals surface area contributed by atoms with Crippen LogP contribution in [0.5, 0.6) is 11.6 Å². The van der Waals surface area contributed by atoms with Gasteiger partial charge in [0.25, 0.3) is 0 Å². The quantitative estimate of drug-likeness (QED) is 0.906. The van der Waals surface area contributed by atoms with Crippen molar-refractivity contribution >= 4 is 5.97 Å². The van der Waals surface area contributed by atoms with Gasteiger partial charge in [-0.15, -0.1) is 0 Å². The lowest BCUT2D eigenvalue weighted by molar-refractivity contribution is 0.0689. The van der Waals surface area contributed by atoms with Gasteiger partial charge < -0.3 is 9.84 Å². The van der Waals surface area contributed by atoms with E-state index in [1.165, 1.54) is 0 Å². The third-order valence-corrected chi connectivity index (χ3v) is 1.94. The number of carbonyl (C=O) groups is 1. The molecule has 0 fully saturated rings. The lowest BCUT2D eigenvalue weighted by atomic mass is 10.3. The van der Waals surface area contributed by atoms with Crippen LogP contribution in [-0.4, -0.2) is 21.0 Å². The lowest BCUT2D eigenvalue weighted by Gasteiger charge is -2.05. The van der Waals surface area contributed by atoms with Gasteiger partial charge in [-0.3, -0.25) is 4.98 Å². The van der Waals surface area contributed by atoms with E-state index in [0.717, 1.165) is 24.5 Å². The summed E-state index contributed by atoms with van der Waals surface area (Å²) in [5.41, 5.74) is -0.338. The molecule has 1 heterocycles. The van der Waals surface area contributed by atoms with E-state index in [2.05, 4.69) is 9.97 Å². The van der Waals surface area contributed by atoms with Gasteiger partial charge in [0.05, 0.1) is 12.4 Å². The first-order valence-electron chi connectivity index (χ1n) is 4.74. The average Bonchev–Trinajstić information content (AvgIpc) is 2.33. The molecule has 0 saturated carbocycles. The second kappa shape index (κ2) is 4.74. The molecule has 92 valence electrons. The van der Waals surface area contributed by atoms with Crippen molar-refractivity contribution < 1.29 is 23.4 Å². The van der Waals surface area contributed by atoms with Gasteiger partial charge in [-0.05, 0) is 12.1 Å². The molecule has 1 aromatic carbocycles. The summed E-state index contributed by atoms with van der Waals surface area (Å²) in [4.78, 5) is 17.8. The van der Waals surface area contributed by atoms with Crippen molar-refractivity contribution in [1.82, 2.24) is 9.97 Å². The van der Waals surface area contributed by atoms with E-state index < -0.39 is 17.6 Å². The third-order valence-electron chi connectivity index (χ3n) is 1.94. The molecule has 1 aromatic heterocycles. The number of benzene rings is 1. The Morgan fingerprint density at radius 3 is 2.72 bits per heavy atom. The molecule has 18 heavy (non-hydrogen) atoms. The normalized spacial score (nSPS) is 10.1. The summed E-state index contributed by atoms with van der Waals surface area (Å²) in [7, 11) is 0. The van der Waals surface area contributed by atoms with Crippen LogP contribution in [0.1, 0.15) is 10.5 Å². The van der Waals surface area contributed by atoms with Crippen LogP contribution in [-0.2, 0) is 0 Å². The van der Waals surface area contributed by atoms with Gasteiger partial charge in [0.15, 0.2) is 17.3 Å². The first-order valence-corrected chi connectivity index (χ1v) is 4.74. The molecular formula is C11H6F2N2O3. The fourth-order valence-corrected chi connectivity index (χ4v) is 1.17. The molecular weight excluding hydrogens is 246 g/mol. The number of rotatable bonds is 3. The van der Waals surface area contributed by atoms with E-state index >= 15 is 0 Å². The molecule has 2 rings (SSSR count). The Morgan fingerprint density at radius 2 is 2.06 bits per heavy atom. The zero-order chi connectivity index (χ0) is 13.1. The number of aromatic nitrogens is 2. The summed E-state index contributed by atoms with van der Waals surface area (Å²) in [5.74, 6) is -3.41. The summed E-state index contributed by atoms with van der Waals surface area (Å²) in [6.45, 7) is 0. The van der Waals surface area contributed by atoms with Crippen molar-refractivity contribution in [3.05, 3.63) is 47.9 Å². The molecule has 0 spiro atoms. The van der Waals surface area contributed by atoms with E-state index in [-0.39, 0.29) is 17.3 Å². The number of carboxylic acids is 1. The van der Waals surface area contributed by atoms with Crippen LogP contribution in [0.3, 0.4) is 0 Å². The molecule has 0 amide bonds. The monoisotopic (exact) mass is 252 g/mol. The van der Waals surface area contributed by atoms with Crippen LogP contribution in [0.25, 0.3) is 0 Å². The highest BCUT2D eigenvalue weighted by Crippen LogP contribution is 2.23. The summed E-state index contributed by atoms with van der Waals surface area (Å²) in [6.07, 6.45) is 2.14. The van der Waals surface area contributed by atoms with Crippen molar-refractivity contribution in [2.24, 2.45) is 0 Å². The Balaban J connectivity index is 2.28. The molecule has 1 N–H and O–H groups in total. The van der Waals surface area contributed by atoms with E-state index in [4.69, 9.17) is 9.84 Å². The van der Waals surface area contributed by atoms with Crippen molar-refractivity contribution in [2.45, 2.75) is 0 Å². The van der Waals surface area contributed by atoms with Crippen LogP contribution < -0.4 is 4.74 Å². The molecule has 0 unspecified atom stereocenters. The molecule has 2 aromatic rings. The zero-order valence-electron chi connectivity index (χ0n) is 8.80. The third kappa shape index (κ3) is 2.57. The van der Waals surface area contributed by atoms with Gasteiger partial charge >= 0.3 is 5.97 Å².